The van der Waals surface area contributed by atoms with Gasteiger partial charge in [-0.1, -0.05) is 0 Å². The second-order valence-corrected chi connectivity index (χ2v) is 2.38. The lowest BCUT2D eigenvalue weighted by molar-refractivity contribution is -0.104. The molecule has 0 unspecified atom stereocenters. The number of rotatable bonds is 3. The van der Waals surface area contributed by atoms with Gasteiger partial charge in [0.25, 0.3) is 0 Å². The van der Waals surface area contributed by atoms with E-state index in [1.54, 1.807) is 12.1 Å². The predicted octanol–water partition coefficient (Wildman–Crippen LogP) is 2.05. The van der Waals surface area contributed by atoms with Gasteiger partial charge in [-0.25, -0.2) is 4.39 Å². The maximum Gasteiger partial charge on any atom is 0.142 e. The molecule has 0 aliphatic rings. The average Bonchev–Trinajstić information content (AvgIpc) is 2.16. The maximum absolute atomic E-state index is 13.1. The molecule has 0 fully saturated rings. The van der Waals surface area contributed by atoms with E-state index in [0.717, 1.165) is 0 Å². The van der Waals surface area contributed by atoms with E-state index in [1.807, 2.05) is 0 Å². The molecule has 0 bridgehead atoms. The molecule has 3 heteroatoms. The number of hydrogen-bond donors (Lipinski definition) is 0. The number of methoxy groups -OCH3 is 1. The monoisotopic (exact) mass is 180 g/mol. The molecule has 0 amide bonds. The number of halogens is 1. The SMILES string of the molecule is COc1ccc(/C=C/C=O)c(F)c1. The second-order valence-electron chi connectivity index (χ2n) is 2.38. The van der Waals surface area contributed by atoms with Crippen molar-refractivity contribution < 1.29 is 13.9 Å². The van der Waals surface area contributed by atoms with Crippen molar-refractivity contribution in [2.24, 2.45) is 0 Å². The van der Waals surface area contributed by atoms with Gasteiger partial charge in [0.1, 0.15) is 17.9 Å². The fraction of sp³-hybridized carbons (Fsp3) is 0.100. The van der Waals surface area contributed by atoms with Gasteiger partial charge in [-0.15, -0.1) is 0 Å². The van der Waals surface area contributed by atoms with E-state index >= 15 is 0 Å². The van der Waals surface area contributed by atoms with Crippen LogP contribution in [0.5, 0.6) is 5.75 Å². The zero-order valence-electron chi connectivity index (χ0n) is 7.16. The summed E-state index contributed by atoms with van der Waals surface area (Å²) in [5, 5.41) is 0. The lowest BCUT2D eigenvalue weighted by Gasteiger charge is -2.00. The lowest BCUT2D eigenvalue weighted by atomic mass is 10.2. The maximum atomic E-state index is 13.1. The molecular weight excluding hydrogens is 171 g/mol. The summed E-state index contributed by atoms with van der Waals surface area (Å²) in [4.78, 5) is 9.98. The first-order valence-electron chi connectivity index (χ1n) is 3.73. The summed E-state index contributed by atoms with van der Waals surface area (Å²) >= 11 is 0. The topological polar surface area (TPSA) is 26.3 Å². The molecule has 13 heavy (non-hydrogen) atoms. The summed E-state index contributed by atoms with van der Waals surface area (Å²) in [6.07, 6.45) is 3.25. The third-order valence-electron chi connectivity index (χ3n) is 1.56. The standard InChI is InChI=1S/C10H9FO2/c1-13-9-5-4-8(3-2-6-12)10(11)7-9/h2-7H,1H3/b3-2+. The highest BCUT2D eigenvalue weighted by Crippen LogP contribution is 2.16. The smallest absolute Gasteiger partial charge is 0.142 e. The summed E-state index contributed by atoms with van der Waals surface area (Å²) in [6, 6.07) is 4.45. The normalized spacial score (nSPS) is 10.3. The first kappa shape index (κ1) is 9.45. The molecule has 1 rings (SSSR count). The molecule has 0 aliphatic carbocycles. The molecule has 0 radical (unpaired) electrons. The zero-order chi connectivity index (χ0) is 9.68. The molecule has 0 atom stereocenters. The first-order valence-corrected chi connectivity index (χ1v) is 3.73. The van der Waals surface area contributed by atoms with Crippen molar-refractivity contribution in [3.63, 3.8) is 0 Å². The van der Waals surface area contributed by atoms with Crippen LogP contribution in [-0.4, -0.2) is 13.4 Å². The number of carbonyl (C=O) groups is 1. The van der Waals surface area contributed by atoms with E-state index in [-0.39, 0.29) is 0 Å². The van der Waals surface area contributed by atoms with E-state index in [9.17, 15) is 9.18 Å². The van der Waals surface area contributed by atoms with Crippen LogP contribution in [0.4, 0.5) is 4.39 Å². The van der Waals surface area contributed by atoms with Crippen LogP contribution in [0.3, 0.4) is 0 Å². The van der Waals surface area contributed by atoms with Crippen molar-refractivity contribution >= 4 is 12.4 Å². The minimum absolute atomic E-state index is 0.368. The Morgan fingerprint density at radius 3 is 2.77 bits per heavy atom. The lowest BCUT2D eigenvalue weighted by Crippen LogP contribution is -1.86. The summed E-state index contributed by atoms with van der Waals surface area (Å²) in [5.41, 5.74) is 0.368. The van der Waals surface area contributed by atoms with Gasteiger partial charge < -0.3 is 4.74 Å². The fourth-order valence-corrected chi connectivity index (χ4v) is 0.913. The molecular formula is C10H9FO2. The summed E-state index contributed by atoms with van der Waals surface area (Å²) < 4.78 is 17.9. The van der Waals surface area contributed by atoms with Crippen molar-refractivity contribution in [3.8, 4) is 5.75 Å². The van der Waals surface area contributed by atoms with Crippen molar-refractivity contribution in [1.82, 2.24) is 0 Å². The predicted molar refractivity (Wildman–Crippen MR) is 48.1 cm³/mol. The Morgan fingerprint density at radius 1 is 1.46 bits per heavy atom. The van der Waals surface area contributed by atoms with E-state index in [2.05, 4.69) is 0 Å². The Morgan fingerprint density at radius 2 is 2.23 bits per heavy atom. The minimum Gasteiger partial charge on any atom is -0.497 e. The quantitative estimate of drug-likeness (QED) is 0.525. The van der Waals surface area contributed by atoms with Gasteiger partial charge in [0, 0.05) is 11.6 Å². The third kappa shape index (κ3) is 2.40. The van der Waals surface area contributed by atoms with E-state index in [1.165, 1.54) is 25.3 Å². The second kappa shape index (κ2) is 4.40. The fourth-order valence-electron chi connectivity index (χ4n) is 0.913. The first-order chi connectivity index (χ1) is 6.27. The van der Waals surface area contributed by atoms with Crippen LogP contribution in [0.15, 0.2) is 24.3 Å². The minimum atomic E-state index is -0.405. The van der Waals surface area contributed by atoms with Gasteiger partial charge in [0.15, 0.2) is 0 Å². The summed E-state index contributed by atoms with van der Waals surface area (Å²) in [7, 11) is 1.47. The van der Waals surface area contributed by atoms with Crippen LogP contribution in [0.1, 0.15) is 5.56 Å². The molecule has 0 aromatic heterocycles. The van der Waals surface area contributed by atoms with E-state index in [4.69, 9.17) is 4.74 Å². The van der Waals surface area contributed by atoms with Crippen LogP contribution >= 0.6 is 0 Å². The van der Waals surface area contributed by atoms with Gasteiger partial charge in [-0.3, -0.25) is 4.79 Å². The Balaban J connectivity index is 2.98. The number of allylic oxidation sites excluding steroid dienone is 1. The highest BCUT2D eigenvalue weighted by Gasteiger charge is 1.99. The van der Waals surface area contributed by atoms with Gasteiger partial charge in [0.05, 0.1) is 7.11 Å². The molecule has 0 heterocycles. The van der Waals surface area contributed by atoms with Crippen LogP contribution < -0.4 is 4.74 Å². The number of carbonyl (C=O) groups excluding carboxylic acids is 1. The zero-order valence-corrected chi connectivity index (χ0v) is 7.16. The molecule has 1 aromatic rings. The summed E-state index contributed by atoms with van der Waals surface area (Å²) in [6.45, 7) is 0. The van der Waals surface area contributed by atoms with Crippen LogP contribution in [0, 0.1) is 5.82 Å². The Bertz CT molecular complexity index is 332. The highest BCUT2D eigenvalue weighted by atomic mass is 19.1. The molecule has 68 valence electrons. The Kier molecular flexibility index (Phi) is 3.20. The number of benzene rings is 1. The van der Waals surface area contributed by atoms with Crippen molar-refractivity contribution in [2.45, 2.75) is 0 Å². The summed E-state index contributed by atoms with van der Waals surface area (Å²) in [5.74, 6) is 0.0539. The van der Waals surface area contributed by atoms with Crippen molar-refractivity contribution in [2.75, 3.05) is 7.11 Å². The van der Waals surface area contributed by atoms with E-state index < -0.39 is 5.82 Å². The molecule has 0 aliphatic heterocycles. The van der Waals surface area contributed by atoms with Crippen molar-refractivity contribution in [3.05, 3.63) is 35.7 Å². The number of aldehydes is 1. The van der Waals surface area contributed by atoms with Gasteiger partial charge in [-0.05, 0) is 24.3 Å². The van der Waals surface area contributed by atoms with Gasteiger partial charge >= 0.3 is 0 Å². The molecule has 1 aromatic carbocycles. The van der Waals surface area contributed by atoms with Gasteiger partial charge in [-0.2, -0.15) is 0 Å². The molecule has 0 N–H and O–H groups in total. The average molecular weight is 180 g/mol. The molecule has 2 nitrogen and oxygen atoms in total. The molecule has 0 spiro atoms. The van der Waals surface area contributed by atoms with Crippen LogP contribution in [-0.2, 0) is 4.79 Å². The Labute approximate surface area is 75.6 Å². The van der Waals surface area contributed by atoms with Crippen LogP contribution in [0.2, 0.25) is 0 Å². The third-order valence-corrected chi connectivity index (χ3v) is 1.56. The largest absolute Gasteiger partial charge is 0.497 e. The Hall–Kier alpha value is -1.64. The highest BCUT2D eigenvalue weighted by molar-refractivity contribution is 5.74. The van der Waals surface area contributed by atoms with E-state index in [0.29, 0.717) is 17.6 Å². The number of hydrogen-bond acceptors (Lipinski definition) is 2. The molecule has 0 saturated carbocycles. The van der Waals surface area contributed by atoms with Gasteiger partial charge in [0.2, 0.25) is 0 Å². The molecule has 0 saturated heterocycles. The van der Waals surface area contributed by atoms with Crippen LogP contribution in [0.25, 0.3) is 6.08 Å². The van der Waals surface area contributed by atoms with Crippen molar-refractivity contribution in [1.29, 1.82) is 0 Å². The number of ether oxygens (including phenoxy) is 1.